The van der Waals surface area contributed by atoms with Gasteiger partial charge in [-0.05, 0) is 143 Å². The van der Waals surface area contributed by atoms with E-state index in [2.05, 4.69) is 5.32 Å². The predicted octanol–water partition coefficient (Wildman–Crippen LogP) is 16.3. The summed E-state index contributed by atoms with van der Waals surface area (Å²) in [6.07, 6.45) is -9.42. The lowest BCUT2D eigenvalue weighted by atomic mass is 10.1. The number of halogens is 7. The van der Waals surface area contributed by atoms with Gasteiger partial charge < -0.3 is 53.2 Å². The second-order valence-corrected chi connectivity index (χ2v) is 28.5. The number of ether oxygens (including phenoxy) is 8. The van der Waals surface area contributed by atoms with Gasteiger partial charge in [0.15, 0.2) is 23.0 Å². The molecule has 0 aliphatic carbocycles. The van der Waals surface area contributed by atoms with E-state index in [0.29, 0.717) is 90.8 Å². The van der Waals surface area contributed by atoms with Gasteiger partial charge >= 0.3 is 42.4 Å². The summed E-state index contributed by atoms with van der Waals surface area (Å²) in [4.78, 5) is 76.5. The molecule has 2 aliphatic heterocycles. The number of alkyl halides is 6. The van der Waals surface area contributed by atoms with Crippen molar-refractivity contribution in [2.45, 2.75) is 157 Å². The number of amides is 3. The lowest BCUT2D eigenvalue weighted by molar-refractivity contribution is -0.156. The number of thiophene rings is 2. The molecule has 0 unspecified atom stereocenters. The van der Waals surface area contributed by atoms with Crippen LogP contribution in [0.1, 0.15) is 127 Å². The maximum atomic E-state index is 13.9. The molecule has 28 heteroatoms. The Morgan fingerprint density at radius 2 is 0.949 bits per heavy atom. The van der Waals surface area contributed by atoms with Crippen LogP contribution >= 0.6 is 35.1 Å². The number of methoxy groups -OCH3 is 2. The van der Waals surface area contributed by atoms with Gasteiger partial charge in [-0.2, -0.15) is 26.3 Å². The fourth-order valence-corrected chi connectivity index (χ4v) is 11.8. The predicted molar refractivity (Wildman–Crippen MR) is 364 cm³/mol. The summed E-state index contributed by atoms with van der Waals surface area (Å²) in [5.41, 5.74) is 1.67. The second-order valence-electron chi connectivity index (χ2n) is 26.3. The first-order valence-corrected chi connectivity index (χ1v) is 32.6. The third kappa shape index (κ3) is 24.2. The van der Waals surface area contributed by atoms with Gasteiger partial charge in [-0.25, -0.2) is 9.59 Å². The summed E-state index contributed by atoms with van der Waals surface area (Å²) in [5, 5.41) is 12.1. The Morgan fingerprint density at radius 3 is 1.35 bits per heavy atom. The van der Waals surface area contributed by atoms with E-state index >= 15 is 0 Å². The quantitative estimate of drug-likeness (QED) is 0.0412. The molecular weight excluding hydrogens is 1350 g/mol. The minimum atomic E-state index is -4.52. The maximum Gasteiger partial charge on any atom is 0.426 e. The number of rotatable bonds is 20. The molecular formula is C70H85ClF6N4O15S2. The zero-order valence-corrected chi connectivity index (χ0v) is 59.7. The Morgan fingerprint density at radius 1 is 0.541 bits per heavy atom. The number of carbonyl (C=O) groups is 6. The van der Waals surface area contributed by atoms with Crippen LogP contribution in [0.4, 0.5) is 47.3 Å². The van der Waals surface area contributed by atoms with E-state index in [4.69, 9.17) is 43.0 Å². The molecule has 6 aromatic rings. The Labute approximate surface area is 581 Å². The van der Waals surface area contributed by atoms with Crippen LogP contribution in [0.5, 0.6) is 23.0 Å². The molecule has 0 atom stereocenters. The Balaban J connectivity index is 0.000000293. The van der Waals surface area contributed by atoms with E-state index in [1.165, 1.54) is 23.0 Å². The summed E-state index contributed by atoms with van der Waals surface area (Å²) < 4.78 is 126. The Bertz CT molecular complexity index is 3710. The first-order valence-electron chi connectivity index (χ1n) is 30.9. The number of nitrogens with one attached hydrogen (secondary N) is 1. The molecule has 0 saturated carbocycles. The van der Waals surface area contributed by atoms with E-state index in [9.17, 15) is 55.1 Å². The van der Waals surface area contributed by atoms with Crippen LogP contribution in [0.3, 0.4) is 0 Å². The molecule has 536 valence electrons. The van der Waals surface area contributed by atoms with E-state index in [1.54, 1.807) is 175 Å². The topological polar surface area (TPSA) is 218 Å². The van der Waals surface area contributed by atoms with Crippen molar-refractivity contribution < 1.29 is 98.1 Å². The van der Waals surface area contributed by atoms with Gasteiger partial charge in [0.1, 0.15) is 58.5 Å². The second kappa shape index (κ2) is 33.9. The fourth-order valence-electron chi connectivity index (χ4n) is 9.89. The van der Waals surface area contributed by atoms with Crippen LogP contribution in [0.15, 0.2) is 97.1 Å². The van der Waals surface area contributed by atoms with Crippen LogP contribution in [-0.4, -0.2) is 127 Å². The molecule has 0 radical (unpaired) electrons. The molecule has 0 bridgehead atoms. The number of nitrogens with zero attached hydrogens (tertiary/aromatic N) is 3. The summed E-state index contributed by atoms with van der Waals surface area (Å²) in [6, 6.07) is 27.0. The monoisotopic (exact) mass is 1430 g/mol. The normalized spacial score (nSPS) is 12.7. The highest BCUT2D eigenvalue weighted by Gasteiger charge is 2.39. The van der Waals surface area contributed by atoms with Crippen LogP contribution in [0.25, 0.3) is 22.3 Å². The maximum absolute atomic E-state index is 13.9. The van der Waals surface area contributed by atoms with Gasteiger partial charge in [-0.15, -0.1) is 35.1 Å². The molecule has 2 aromatic heterocycles. The lowest BCUT2D eigenvalue weighted by Crippen LogP contribution is -2.45. The molecule has 4 heterocycles. The zero-order valence-electron chi connectivity index (χ0n) is 57.2. The van der Waals surface area contributed by atoms with Crippen molar-refractivity contribution in [2.75, 3.05) is 63.7 Å². The lowest BCUT2D eigenvalue weighted by Gasteiger charge is -2.29. The number of hydrogen-bond acceptors (Lipinski definition) is 17. The number of fused-ring (bicyclic) bond motifs is 2. The minimum absolute atomic E-state index is 0. The molecule has 3 amide bonds. The molecule has 98 heavy (non-hydrogen) atoms. The van der Waals surface area contributed by atoms with Crippen molar-refractivity contribution in [2.24, 2.45) is 0 Å². The fraction of sp³-hybridized carbons (Fsp3) is 0.457. The van der Waals surface area contributed by atoms with Crippen molar-refractivity contribution in [3.63, 3.8) is 0 Å². The molecule has 8 rings (SSSR count). The summed E-state index contributed by atoms with van der Waals surface area (Å²) >= 11 is 1.34. The summed E-state index contributed by atoms with van der Waals surface area (Å²) in [7, 11) is 3.02. The van der Waals surface area contributed by atoms with Crippen LogP contribution < -0.4 is 29.2 Å². The van der Waals surface area contributed by atoms with Crippen LogP contribution in [0.2, 0.25) is 0 Å². The van der Waals surface area contributed by atoms with Gasteiger partial charge in [0.05, 0.1) is 32.7 Å². The number of anilines is 2. The minimum Gasteiger partial charge on any atom is -0.492 e. The van der Waals surface area contributed by atoms with Gasteiger partial charge in [0, 0.05) is 63.9 Å². The summed E-state index contributed by atoms with van der Waals surface area (Å²) in [5.74, 6) is -0.723. The molecule has 0 spiro atoms. The van der Waals surface area contributed by atoms with Crippen molar-refractivity contribution in [3.05, 3.63) is 128 Å². The number of carbonyl (C=O) groups excluding carboxylic acids is 5. The van der Waals surface area contributed by atoms with E-state index in [1.807, 2.05) is 6.07 Å². The number of aliphatic carboxylic acids is 1. The molecule has 19 nitrogen and oxygen atoms in total. The van der Waals surface area contributed by atoms with E-state index in [0.717, 1.165) is 29.1 Å². The number of carboxylic acids is 1. The molecule has 0 fully saturated rings. The Hall–Kier alpha value is -8.43. The Kier molecular flexibility index (Phi) is 27.8. The van der Waals surface area contributed by atoms with Gasteiger partial charge in [-0.3, -0.25) is 29.0 Å². The van der Waals surface area contributed by atoms with Crippen molar-refractivity contribution >= 4 is 82.5 Å². The molecule has 0 saturated heterocycles. The first-order chi connectivity index (χ1) is 45.1. The smallest absolute Gasteiger partial charge is 0.426 e. The first kappa shape index (κ1) is 80.3. The molecule has 4 aromatic carbocycles. The standard InChI is InChI=1S/C35H41F3N2O7S.C21H18F3NO2S.C14H25NO6.ClH/c1-33(2,3)46-29(42)16-17-39(32(43)47-34(4,5)6)20-28(41)40-18-15-24-26(40)13-14-27(30(24)44-7)45-21-23-19-25(22-11-9-8-10-12-22)31(48-23)35(36,37)38;1-26-19-15-9-10-25-17(15)7-8-18(19)27-12-14-11-16(13-5-3-2-4-6-13)20(28-14)21(22,23)24;1-13(2,3)20-11(18)7-8-15(9-10(16)17)12(19)21-14(4,5)6;/h8-14,19H,15-18,20-21H2,1-7H3;2-8,11,25H,9-10,12H2,1H3;7-9H2,1-6H3,(H,16,17);1H. The average molecular weight is 1440 g/mol. The van der Waals surface area contributed by atoms with Crippen molar-refractivity contribution in [3.8, 4) is 45.3 Å². The zero-order chi connectivity index (χ0) is 72.0. The third-order valence-electron chi connectivity index (χ3n) is 13.7. The van der Waals surface area contributed by atoms with Crippen molar-refractivity contribution in [1.82, 2.24) is 9.80 Å². The highest BCUT2D eigenvalue weighted by molar-refractivity contribution is 7.13. The average Bonchev–Trinajstić information content (AvgIpc) is 1.62. The van der Waals surface area contributed by atoms with Gasteiger partial charge in [0.2, 0.25) is 5.91 Å². The van der Waals surface area contributed by atoms with Crippen LogP contribution in [-0.2, 0) is 76.5 Å². The largest absolute Gasteiger partial charge is 0.492 e. The number of benzene rings is 4. The third-order valence-corrected chi connectivity index (χ3v) is 16.0. The highest BCUT2D eigenvalue weighted by Crippen LogP contribution is 2.47. The highest BCUT2D eigenvalue weighted by atomic mass is 35.5. The van der Waals surface area contributed by atoms with E-state index in [-0.39, 0.29) is 69.2 Å². The van der Waals surface area contributed by atoms with Gasteiger partial charge in [-0.1, -0.05) is 60.7 Å². The number of hydrogen-bond donors (Lipinski definition) is 2. The van der Waals surface area contributed by atoms with Crippen LogP contribution in [0, 0.1) is 0 Å². The molecule has 2 aliphatic rings. The van der Waals surface area contributed by atoms with Crippen molar-refractivity contribution in [1.29, 1.82) is 0 Å². The van der Waals surface area contributed by atoms with Gasteiger partial charge in [0.25, 0.3) is 0 Å². The van der Waals surface area contributed by atoms with E-state index < -0.39 is 87.1 Å². The SMILES string of the molecule is CC(C)(C)OC(=O)CCN(CC(=O)O)C(=O)OC(C)(C)C.COc1c(OCc2cc(-c3ccccc3)c(C(F)(F)F)s2)ccc2c1CCN2.COc1c(OCc2cc(-c3ccccc3)c(C(F)(F)F)s2)ccc2c1CCN2C(=O)CN(CCC(=O)OC(C)(C)C)C(=O)OC(C)(C)C.Cl. The number of carboxylic acid groups (broad SMARTS) is 1. The molecule has 2 N–H and O–H groups in total. The summed E-state index contributed by atoms with van der Waals surface area (Å²) in [6.45, 7) is 20.6. The number of esters is 2.